The van der Waals surface area contributed by atoms with E-state index in [-0.39, 0.29) is 5.41 Å². The number of rotatable bonds is 1. The van der Waals surface area contributed by atoms with Gasteiger partial charge in [0.1, 0.15) is 0 Å². The molecule has 29 heavy (non-hydrogen) atoms. The Morgan fingerprint density at radius 1 is 0.759 bits per heavy atom. The van der Waals surface area contributed by atoms with Gasteiger partial charge in [-0.3, -0.25) is 0 Å². The highest BCUT2D eigenvalue weighted by molar-refractivity contribution is 6.31. The molecule has 0 radical (unpaired) electrons. The van der Waals surface area contributed by atoms with Crippen LogP contribution in [0.25, 0.3) is 22.3 Å². The predicted molar refractivity (Wildman–Crippen MR) is 118 cm³/mol. The Bertz CT molecular complexity index is 1210. The first-order chi connectivity index (χ1) is 14.2. The number of hydrogen-bond donors (Lipinski definition) is 0. The van der Waals surface area contributed by atoms with Crippen LogP contribution < -0.4 is 0 Å². The van der Waals surface area contributed by atoms with Crippen molar-refractivity contribution in [2.75, 3.05) is 0 Å². The van der Waals surface area contributed by atoms with Gasteiger partial charge in [-0.05, 0) is 100 Å². The zero-order chi connectivity index (χ0) is 19.0. The van der Waals surface area contributed by atoms with Gasteiger partial charge in [-0.25, -0.2) is 0 Å². The second-order valence-corrected chi connectivity index (χ2v) is 10.8. The number of benzene rings is 3. The highest BCUT2D eigenvalue weighted by Crippen LogP contribution is 2.89. The third-order valence-electron chi connectivity index (χ3n) is 9.78. The van der Waals surface area contributed by atoms with Gasteiger partial charge in [-0.15, -0.1) is 0 Å². The Kier molecular flexibility index (Phi) is 2.61. The average molecular weight is 395 g/mol. The second-order valence-electron chi connectivity index (χ2n) is 10.3. The molecule has 3 aromatic rings. The number of halogens is 1. The summed E-state index contributed by atoms with van der Waals surface area (Å²) in [5, 5.41) is 0.898. The summed E-state index contributed by atoms with van der Waals surface area (Å²) in [6, 6.07) is 24.7. The van der Waals surface area contributed by atoms with Crippen LogP contribution in [-0.4, -0.2) is 0 Å². The van der Waals surface area contributed by atoms with Gasteiger partial charge in [-0.2, -0.15) is 0 Å². The van der Waals surface area contributed by atoms with Crippen molar-refractivity contribution in [2.45, 2.75) is 31.1 Å². The summed E-state index contributed by atoms with van der Waals surface area (Å²) in [5.41, 5.74) is 9.61. The lowest BCUT2D eigenvalue weighted by Gasteiger charge is -2.76. The predicted octanol–water partition coefficient (Wildman–Crippen LogP) is 7.34. The first-order valence-corrected chi connectivity index (χ1v) is 11.6. The Morgan fingerprint density at radius 3 is 2.41 bits per heavy atom. The molecule has 8 rings (SSSR count). The molecule has 0 amide bonds. The zero-order valence-electron chi connectivity index (χ0n) is 16.4. The molecule has 1 heteroatoms. The summed E-state index contributed by atoms with van der Waals surface area (Å²) in [4.78, 5) is 0. The average Bonchev–Trinajstić information content (AvgIpc) is 3.36. The topological polar surface area (TPSA) is 0 Å². The van der Waals surface area contributed by atoms with Gasteiger partial charge in [0.25, 0.3) is 0 Å². The van der Waals surface area contributed by atoms with Crippen molar-refractivity contribution in [2.24, 2.45) is 29.1 Å². The molecule has 0 saturated heterocycles. The molecule has 0 N–H and O–H groups in total. The van der Waals surface area contributed by atoms with Crippen molar-refractivity contribution < 1.29 is 0 Å². The summed E-state index contributed by atoms with van der Waals surface area (Å²) in [5.74, 6) is 3.67. The fraction of sp³-hybridized carbons (Fsp3) is 0.357. The van der Waals surface area contributed by atoms with Crippen LogP contribution in [0.5, 0.6) is 0 Å². The van der Waals surface area contributed by atoms with Gasteiger partial charge in [0, 0.05) is 10.4 Å². The fourth-order valence-electron chi connectivity index (χ4n) is 9.25. The summed E-state index contributed by atoms with van der Waals surface area (Å²) in [7, 11) is 0. The van der Waals surface area contributed by atoms with Crippen LogP contribution in [0.2, 0.25) is 5.02 Å². The minimum absolute atomic E-state index is 0.228. The molecule has 5 aliphatic carbocycles. The van der Waals surface area contributed by atoms with Gasteiger partial charge >= 0.3 is 0 Å². The fourth-order valence-corrected chi connectivity index (χ4v) is 9.47. The third-order valence-corrected chi connectivity index (χ3v) is 10.0. The van der Waals surface area contributed by atoms with Crippen LogP contribution in [0.4, 0.5) is 0 Å². The van der Waals surface area contributed by atoms with Gasteiger partial charge in [0.05, 0.1) is 0 Å². The van der Waals surface area contributed by atoms with Crippen LogP contribution in [0.15, 0.2) is 66.7 Å². The van der Waals surface area contributed by atoms with Crippen molar-refractivity contribution in [1.29, 1.82) is 0 Å². The van der Waals surface area contributed by atoms with Crippen molar-refractivity contribution in [3.05, 3.63) is 82.9 Å². The van der Waals surface area contributed by atoms with E-state index in [2.05, 4.69) is 66.7 Å². The molecule has 4 saturated carbocycles. The molecule has 6 atom stereocenters. The van der Waals surface area contributed by atoms with Gasteiger partial charge in [-0.1, -0.05) is 66.2 Å². The Morgan fingerprint density at radius 2 is 1.55 bits per heavy atom. The molecule has 6 unspecified atom stereocenters. The maximum Gasteiger partial charge on any atom is 0.0415 e. The highest BCUT2D eigenvalue weighted by atomic mass is 35.5. The van der Waals surface area contributed by atoms with E-state index in [9.17, 15) is 0 Å². The molecule has 0 aromatic heterocycles. The quantitative estimate of drug-likeness (QED) is 0.405. The van der Waals surface area contributed by atoms with Crippen LogP contribution in [-0.2, 0) is 5.41 Å². The lowest BCUT2D eigenvalue weighted by Crippen LogP contribution is -2.73. The van der Waals surface area contributed by atoms with E-state index in [1.807, 2.05) is 0 Å². The minimum atomic E-state index is 0.228. The second kappa shape index (κ2) is 4.81. The zero-order valence-corrected chi connectivity index (χ0v) is 17.1. The van der Waals surface area contributed by atoms with Crippen LogP contribution in [0, 0.1) is 29.1 Å². The lowest BCUT2D eigenvalue weighted by atomic mass is 9.27. The smallest absolute Gasteiger partial charge is 0.0415 e. The van der Waals surface area contributed by atoms with Gasteiger partial charge < -0.3 is 0 Å². The summed E-state index contributed by atoms with van der Waals surface area (Å²) in [6.07, 6.45) is 5.91. The molecule has 5 aliphatic rings. The Balaban J connectivity index is 1.46. The molecule has 2 bridgehead atoms. The molecule has 0 heterocycles. The largest absolute Gasteiger partial charge is 0.0843 e. The van der Waals surface area contributed by atoms with Crippen molar-refractivity contribution in [1.82, 2.24) is 0 Å². The monoisotopic (exact) mass is 394 g/mol. The van der Waals surface area contributed by atoms with Crippen LogP contribution in [0.1, 0.15) is 36.8 Å². The van der Waals surface area contributed by atoms with E-state index in [1.54, 1.807) is 11.1 Å². The van der Waals surface area contributed by atoms with E-state index in [0.717, 1.165) is 28.7 Å². The molecule has 0 nitrogen and oxygen atoms in total. The molecule has 4 fully saturated rings. The van der Waals surface area contributed by atoms with Crippen LogP contribution in [0.3, 0.4) is 0 Å². The maximum absolute atomic E-state index is 6.81. The Labute approximate surface area is 176 Å². The molecule has 142 valence electrons. The SMILES string of the molecule is Clc1cc(-c2ccccc2)c2c(c1)C1(c3ccccc3-2)C2CC3CC4CC1C42C3. The summed E-state index contributed by atoms with van der Waals surface area (Å²) in [6.45, 7) is 0. The van der Waals surface area contributed by atoms with Crippen LogP contribution >= 0.6 is 11.6 Å². The first-order valence-electron chi connectivity index (χ1n) is 11.2. The molecule has 0 aliphatic heterocycles. The van der Waals surface area contributed by atoms with E-state index in [0.29, 0.717) is 5.41 Å². The van der Waals surface area contributed by atoms with E-state index < -0.39 is 0 Å². The maximum atomic E-state index is 6.81. The molecular weight excluding hydrogens is 372 g/mol. The third kappa shape index (κ3) is 1.49. The lowest BCUT2D eigenvalue weighted by molar-refractivity contribution is -0.231. The normalized spacial score (nSPS) is 38.9. The standard InChI is InChI=1S/C28H23Cl/c29-19-13-21(17-6-2-1-3-7-17)26-20-8-4-5-9-22(20)28(23(26)14-19)24-11-16-10-18-12-25(28)27(18,24)15-16/h1-9,13-14,16,18,24-25H,10-12,15H2. The molecule has 3 aromatic carbocycles. The summed E-state index contributed by atoms with van der Waals surface area (Å²) < 4.78 is 0. The van der Waals surface area contributed by atoms with E-state index in [4.69, 9.17) is 11.6 Å². The summed E-state index contributed by atoms with van der Waals surface area (Å²) >= 11 is 6.81. The van der Waals surface area contributed by atoms with Crippen molar-refractivity contribution in [3.8, 4) is 22.3 Å². The van der Waals surface area contributed by atoms with Gasteiger partial charge in [0.2, 0.25) is 0 Å². The van der Waals surface area contributed by atoms with E-state index >= 15 is 0 Å². The number of fused-ring (bicyclic) bond motifs is 8. The molecular formula is C28H23Cl. The van der Waals surface area contributed by atoms with E-state index in [1.165, 1.54) is 47.9 Å². The Hall–Kier alpha value is -2.05. The van der Waals surface area contributed by atoms with Gasteiger partial charge in [0.15, 0.2) is 0 Å². The van der Waals surface area contributed by atoms with Crippen molar-refractivity contribution >= 4 is 11.6 Å². The van der Waals surface area contributed by atoms with Crippen molar-refractivity contribution in [3.63, 3.8) is 0 Å². The molecule has 2 spiro atoms. The highest BCUT2D eigenvalue weighted by Gasteiger charge is 2.84. The first kappa shape index (κ1) is 15.7. The number of hydrogen-bond acceptors (Lipinski definition) is 0. The minimum Gasteiger partial charge on any atom is -0.0843 e.